The van der Waals surface area contributed by atoms with Crippen molar-refractivity contribution in [1.82, 2.24) is 10.3 Å². The lowest BCUT2D eigenvalue weighted by Crippen LogP contribution is -2.52. The number of aromatic nitrogens is 1. The van der Waals surface area contributed by atoms with Crippen LogP contribution in [0.15, 0.2) is 54.6 Å². The summed E-state index contributed by atoms with van der Waals surface area (Å²) in [6.45, 7) is -0.145. The highest BCUT2D eigenvalue weighted by Gasteiger charge is 2.57. The van der Waals surface area contributed by atoms with Crippen LogP contribution in [0.3, 0.4) is 0 Å². The van der Waals surface area contributed by atoms with E-state index in [1.807, 2.05) is 0 Å². The Labute approximate surface area is 245 Å². The number of rotatable bonds is 8. The Bertz CT molecular complexity index is 1630. The van der Waals surface area contributed by atoms with Crippen LogP contribution >= 0.6 is 0 Å². The number of ether oxygens (including phenoxy) is 3. The second kappa shape index (κ2) is 11.1. The average molecular weight is 596 g/mol. The molecular formula is C31H28F3N3O6. The zero-order valence-electron chi connectivity index (χ0n) is 23.2. The number of methoxy groups -OCH3 is 1. The quantitative estimate of drug-likeness (QED) is 0.340. The van der Waals surface area contributed by atoms with Gasteiger partial charge in [0.25, 0.3) is 5.91 Å². The Kier molecular flexibility index (Phi) is 7.70. The molecule has 12 heteroatoms. The predicted molar refractivity (Wildman–Crippen MR) is 148 cm³/mol. The topological polar surface area (TPSA) is 133 Å². The standard InChI is InChI=1S/C31H28F3N3O6/c1-29(28(35)39)17-42-26-21(29)15-25(37-22(26)12-8-18-6-4-3-5-7-18)30(40,31(32,33)34)16-36-27(38)19-9-13-23(24(14-19)41-2)43-20-10-11-20/h3-7,9,13-15,20,40H,10-11,16-17H2,1-2H3,(H2,35,39)(H,36,38)/t29-,30?/m0/s1. The summed E-state index contributed by atoms with van der Waals surface area (Å²) in [4.78, 5) is 29.4. The molecule has 1 unspecified atom stereocenters. The summed E-state index contributed by atoms with van der Waals surface area (Å²) >= 11 is 0. The van der Waals surface area contributed by atoms with Crippen LogP contribution in [0.1, 0.15) is 52.6 Å². The largest absolute Gasteiger partial charge is 0.493 e. The van der Waals surface area contributed by atoms with Crippen molar-refractivity contribution in [3.05, 3.63) is 82.7 Å². The van der Waals surface area contributed by atoms with Crippen LogP contribution in [0.5, 0.6) is 17.2 Å². The molecule has 0 spiro atoms. The van der Waals surface area contributed by atoms with Crippen molar-refractivity contribution < 1.29 is 42.1 Å². The monoisotopic (exact) mass is 595 g/mol. The second-order valence-electron chi connectivity index (χ2n) is 10.6. The molecule has 1 saturated carbocycles. The van der Waals surface area contributed by atoms with E-state index in [1.54, 1.807) is 30.3 Å². The highest BCUT2D eigenvalue weighted by molar-refractivity contribution is 5.95. The molecule has 2 heterocycles. The number of aliphatic hydroxyl groups is 1. The molecule has 1 aliphatic heterocycles. The number of pyridine rings is 1. The Morgan fingerprint density at radius 3 is 2.49 bits per heavy atom. The van der Waals surface area contributed by atoms with Gasteiger partial charge in [-0.1, -0.05) is 24.1 Å². The molecule has 1 fully saturated rings. The van der Waals surface area contributed by atoms with E-state index in [-0.39, 0.29) is 41.0 Å². The molecule has 43 heavy (non-hydrogen) atoms. The molecule has 3 aromatic rings. The summed E-state index contributed by atoms with van der Waals surface area (Å²) in [7, 11) is 1.38. The molecule has 224 valence electrons. The van der Waals surface area contributed by atoms with E-state index >= 15 is 0 Å². The van der Waals surface area contributed by atoms with Crippen LogP contribution in [0.4, 0.5) is 13.2 Å². The molecule has 0 saturated heterocycles. The molecule has 2 atom stereocenters. The summed E-state index contributed by atoms with van der Waals surface area (Å²) < 4.78 is 60.4. The zero-order chi connectivity index (χ0) is 31.0. The van der Waals surface area contributed by atoms with Crippen molar-refractivity contribution in [3.8, 4) is 29.1 Å². The number of hydrogen-bond acceptors (Lipinski definition) is 7. The number of hydrogen-bond donors (Lipinski definition) is 3. The van der Waals surface area contributed by atoms with Crippen molar-refractivity contribution in [1.29, 1.82) is 0 Å². The van der Waals surface area contributed by atoms with E-state index in [1.165, 1.54) is 32.2 Å². The van der Waals surface area contributed by atoms with Crippen LogP contribution in [0, 0.1) is 11.8 Å². The molecule has 2 amide bonds. The first-order chi connectivity index (χ1) is 20.4. The van der Waals surface area contributed by atoms with Crippen LogP contribution in [0.2, 0.25) is 0 Å². The fraction of sp³-hybridized carbons (Fsp3) is 0.323. The van der Waals surface area contributed by atoms with Crippen LogP contribution in [-0.2, 0) is 15.8 Å². The zero-order valence-corrected chi connectivity index (χ0v) is 23.2. The molecule has 2 aliphatic rings. The third kappa shape index (κ3) is 5.81. The third-order valence-corrected chi connectivity index (χ3v) is 7.36. The van der Waals surface area contributed by atoms with Crippen LogP contribution in [-0.4, -0.2) is 54.4 Å². The maximum absolute atomic E-state index is 14.6. The van der Waals surface area contributed by atoms with Crippen molar-refractivity contribution in [2.24, 2.45) is 5.73 Å². The number of halogens is 3. The summed E-state index contributed by atoms with van der Waals surface area (Å²) in [5.41, 5.74) is -0.204. The van der Waals surface area contributed by atoms with E-state index in [0.717, 1.165) is 18.9 Å². The van der Waals surface area contributed by atoms with Crippen molar-refractivity contribution in [2.75, 3.05) is 20.3 Å². The van der Waals surface area contributed by atoms with Gasteiger partial charge in [0.05, 0.1) is 25.5 Å². The second-order valence-corrected chi connectivity index (χ2v) is 10.6. The number of primary amides is 1. The Morgan fingerprint density at radius 1 is 1.14 bits per heavy atom. The van der Waals surface area contributed by atoms with Crippen molar-refractivity contribution >= 4 is 11.8 Å². The molecule has 0 radical (unpaired) electrons. The fourth-order valence-corrected chi connectivity index (χ4v) is 4.45. The molecule has 5 rings (SSSR count). The van der Waals surface area contributed by atoms with Crippen LogP contribution in [0.25, 0.3) is 0 Å². The summed E-state index contributed by atoms with van der Waals surface area (Å²) in [5, 5.41) is 13.3. The van der Waals surface area contributed by atoms with Gasteiger partial charge in [0, 0.05) is 16.7 Å². The minimum Gasteiger partial charge on any atom is -0.493 e. The van der Waals surface area contributed by atoms with Gasteiger partial charge in [-0.3, -0.25) is 9.59 Å². The molecular weight excluding hydrogens is 567 g/mol. The van der Waals surface area contributed by atoms with Gasteiger partial charge in [0.2, 0.25) is 11.5 Å². The third-order valence-electron chi connectivity index (χ3n) is 7.36. The number of nitrogens with one attached hydrogen (secondary N) is 1. The average Bonchev–Trinajstić information content (AvgIpc) is 3.74. The number of fused-ring (bicyclic) bond motifs is 1. The first kappa shape index (κ1) is 29.7. The normalized spacial score (nSPS) is 18.7. The van der Waals surface area contributed by atoms with Gasteiger partial charge in [0.15, 0.2) is 22.9 Å². The molecule has 9 nitrogen and oxygen atoms in total. The fourth-order valence-electron chi connectivity index (χ4n) is 4.45. The minimum atomic E-state index is -5.31. The van der Waals surface area contributed by atoms with Gasteiger partial charge in [-0.15, -0.1) is 0 Å². The van der Waals surface area contributed by atoms with Gasteiger partial charge in [-0.25, -0.2) is 4.98 Å². The number of nitrogens with two attached hydrogens (primary N) is 1. The van der Waals surface area contributed by atoms with Gasteiger partial charge >= 0.3 is 6.18 Å². The lowest BCUT2D eigenvalue weighted by atomic mass is 9.82. The number of benzene rings is 2. The minimum absolute atomic E-state index is 0.00708. The van der Waals surface area contributed by atoms with E-state index in [9.17, 15) is 27.9 Å². The smallest absolute Gasteiger partial charge is 0.424 e. The first-order valence-electron chi connectivity index (χ1n) is 13.3. The van der Waals surface area contributed by atoms with Crippen molar-refractivity contribution in [2.45, 2.75) is 43.1 Å². The van der Waals surface area contributed by atoms with E-state index in [4.69, 9.17) is 19.9 Å². The van der Waals surface area contributed by atoms with Gasteiger partial charge in [-0.2, -0.15) is 13.2 Å². The summed E-state index contributed by atoms with van der Waals surface area (Å²) in [6.07, 6.45) is -3.47. The highest BCUT2D eigenvalue weighted by Crippen LogP contribution is 2.45. The number of nitrogens with zero attached hydrogens (tertiary/aromatic N) is 1. The van der Waals surface area contributed by atoms with Gasteiger partial charge in [0.1, 0.15) is 12.0 Å². The molecule has 0 bridgehead atoms. The van der Waals surface area contributed by atoms with Crippen LogP contribution < -0.4 is 25.3 Å². The molecule has 1 aromatic heterocycles. The number of alkyl halides is 3. The summed E-state index contributed by atoms with van der Waals surface area (Å²) in [5.74, 6) is 4.37. The van der Waals surface area contributed by atoms with Gasteiger partial charge in [-0.05, 0) is 62.1 Å². The summed E-state index contributed by atoms with van der Waals surface area (Å²) in [6, 6.07) is 13.7. The number of amides is 2. The lowest BCUT2D eigenvalue weighted by Gasteiger charge is -2.31. The number of carbonyl (C=O) groups is 2. The Morgan fingerprint density at radius 2 is 1.86 bits per heavy atom. The molecule has 1 aliphatic carbocycles. The lowest BCUT2D eigenvalue weighted by molar-refractivity contribution is -0.265. The van der Waals surface area contributed by atoms with Gasteiger partial charge < -0.3 is 30.4 Å². The maximum atomic E-state index is 14.6. The highest BCUT2D eigenvalue weighted by atomic mass is 19.4. The Balaban J connectivity index is 1.51. The van der Waals surface area contributed by atoms with E-state index in [0.29, 0.717) is 11.3 Å². The number of carbonyl (C=O) groups excluding carboxylic acids is 2. The van der Waals surface area contributed by atoms with E-state index in [2.05, 4.69) is 22.1 Å². The maximum Gasteiger partial charge on any atom is 0.424 e. The van der Waals surface area contributed by atoms with E-state index < -0.39 is 41.2 Å². The molecule has 2 aromatic carbocycles. The van der Waals surface area contributed by atoms with Crippen molar-refractivity contribution in [3.63, 3.8) is 0 Å². The molecule has 4 N–H and O–H groups in total. The predicted octanol–water partition coefficient (Wildman–Crippen LogP) is 3.35. The first-order valence-corrected chi connectivity index (χ1v) is 13.3. The SMILES string of the molecule is COc1cc(C(=O)NCC(O)(c2cc3c(c(C#Cc4ccccc4)n2)OC[C@]3(C)C(N)=O)C(F)(F)F)ccc1OC1CC1. The Hall–Kier alpha value is -4.76.